The van der Waals surface area contributed by atoms with Crippen LogP contribution in [-0.2, 0) is 0 Å². The third-order valence-corrected chi connectivity index (χ3v) is 6.90. The first kappa shape index (κ1) is 33.7. The molecule has 2 heterocycles. The van der Waals surface area contributed by atoms with E-state index in [0.29, 0.717) is 0 Å². The Hall–Kier alpha value is -2.34. The Morgan fingerprint density at radius 1 is 0.579 bits per heavy atom. The summed E-state index contributed by atoms with van der Waals surface area (Å²) in [6, 6.07) is 18.8. The van der Waals surface area contributed by atoms with Crippen LogP contribution in [0, 0.1) is 17.8 Å². The number of piperazine rings is 1. The van der Waals surface area contributed by atoms with Gasteiger partial charge >= 0.3 is 0 Å². The van der Waals surface area contributed by atoms with Crippen LogP contribution in [0.1, 0.15) is 68.2 Å². The maximum atomic E-state index is 11.3. The molecule has 0 spiro atoms. The summed E-state index contributed by atoms with van der Waals surface area (Å²) in [5.74, 6) is 1.59. The van der Waals surface area contributed by atoms with Gasteiger partial charge in [-0.05, 0) is 53.0 Å². The molecule has 0 unspecified atom stereocenters. The maximum Gasteiger partial charge on any atom is 0.165 e. The zero-order valence-corrected chi connectivity index (χ0v) is 25.3. The summed E-state index contributed by atoms with van der Waals surface area (Å²) in [7, 11) is 6.55. The summed E-state index contributed by atoms with van der Waals surface area (Å²) in [6.07, 6.45) is 2.80. The number of likely N-dealkylation sites (N-methyl/N-ethyl adjacent to an activating group) is 2. The van der Waals surface area contributed by atoms with E-state index in [1.165, 1.54) is 52.1 Å². The van der Waals surface area contributed by atoms with Crippen molar-refractivity contribution >= 4 is 11.6 Å². The predicted molar refractivity (Wildman–Crippen MR) is 162 cm³/mol. The second-order valence-electron chi connectivity index (χ2n) is 11.4. The van der Waals surface area contributed by atoms with Gasteiger partial charge < -0.3 is 14.7 Å². The van der Waals surface area contributed by atoms with Crippen LogP contribution in [0.25, 0.3) is 0 Å². The zero-order valence-electron chi connectivity index (χ0n) is 25.3. The third kappa shape index (κ3) is 14.6. The summed E-state index contributed by atoms with van der Waals surface area (Å²) in [4.78, 5) is 29.8. The highest BCUT2D eigenvalue weighted by molar-refractivity contribution is 5.97. The second kappa shape index (κ2) is 18.8. The molecule has 2 fully saturated rings. The fraction of sp³-hybridized carbons (Fsp3) is 0.576. The van der Waals surface area contributed by atoms with Gasteiger partial charge in [-0.25, -0.2) is 0 Å². The van der Waals surface area contributed by atoms with Gasteiger partial charge in [-0.2, -0.15) is 0 Å². The summed E-state index contributed by atoms with van der Waals surface area (Å²) in [5, 5.41) is 0. The smallest absolute Gasteiger partial charge is 0.165 e. The minimum absolute atomic E-state index is 0.0948. The quantitative estimate of drug-likeness (QED) is 0.443. The number of piperidine rings is 1. The van der Waals surface area contributed by atoms with E-state index in [-0.39, 0.29) is 23.4 Å². The van der Waals surface area contributed by atoms with Crippen molar-refractivity contribution in [2.24, 2.45) is 17.8 Å². The number of carbonyl (C=O) groups is 2. The number of Topliss-reactive ketones (excluding diaryl/α,β-unsaturated/α-hetero) is 2. The second-order valence-corrected chi connectivity index (χ2v) is 11.4. The Bertz CT molecular complexity index is 787. The predicted octanol–water partition coefficient (Wildman–Crippen LogP) is 6.26. The molecule has 38 heavy (non-hydrogen) atoms. The summed E-state index contributed by atoms with van der Waals surface area (Å²) in [6.45, 7) is 17.5. The van der Waals surface area contributed by atoms with E-state index in [9.17, 15) is 9.59 Å². The lowest BCUT2D eigenvalue weighted by Crippen LogP contribution is -2.42. The number of ketones is 2. The molecule has 0 N–H and O–H groups in total. The zero-order chi connectivity index (χ0) is 28.5. The van der Waals surface area contributed by atoms with Crippen molar-refractivity contribution in [3.8, 4) is 0 Å². The minimum Gasteiger partial charge on any atom is -0.306 e. The van der Waals surface area contributed by atoms with Gasteiger partial charge in [0.2, 0.25) is 0 Å². The number of likely N-dealkylation sites (tertiary alicyclic amines) is 1. The topological polar surface area (TPSA) is 43.9 Å². The molecule has 4 rings (SSSR count). The van der Waals surface area contributed by atoms with E-state index in [1.54, 1.807) is 0 Å². The van der Waals surface area contributed by atoms with E-state index in [0.717, 1.165) is 17.0 Å². The summed E-state index contributed by atoms with van der Waals surface area (Å²) in [5.41, 5.74) is 1.62. The summed E-state index contributed by atoms with van der Waals surface area (Å²) < 4.78 is 0. The van der Waals surface area contributed by atoms with Crippen LogP contribution < -0.4 is 0 Å². The Morgan fingerprint density at radius 3 is 1.13 bits per heavy atom. The van der Waals surface area contributed by atoms with E-state index < -0.39 is 0 Å². The Balaban J connectivity index is 0.000000256. The van der Waals surface area contributed by atoms with E-state index in [2.05, 4.69) is 42.8 Å². The highest BCUT2D eigenvalue weighted by Crippen LogP contribution is 2.13. The largest absolute Gasteiger partial charge is 0.306 e. The van der Waals surface area contributed by atoms with Gasteiger partial charge in [-0.15, -0.1) is 0 Å². The molecular weight excluding hydrogens is 470 g/mol. The van der Waals surface area contributed by atoms with Crippen LogP contribution in [0.5, 0.6) is 0 Å². The SMILES string of the molecule is CC(C)C(=O)c1ccccc1.CC(C)C(=O)c1ccccc1.CC1CCN(C)CC1.CN1CCN(C)CC1. The molecule has 0 aliphatic carbocycles. The number of benzene rings is 2. The van der Waals surface area contributed by atoms with Crippen LogP contribution in [-0.4, -0.2) is 86.7 Å². The summed E-state index contributed by atoms with van der Waals surface area (Å²) >= 11 is 0. The van der Waals surface area contributed by atoms with Crippen molar-refractivity contribution in [2.45, 2.75) is 47.5 Å². The monoisotopic (exact) mass is 523 g/mol. The Morgan fingerprint density at radius 2 is 0.868 bits per heavy atom. The molecule has 0 saturated carbocycles. The van der Waals surface area contributed by atoms with Crippen molar-refractivity contribution in [2.75, 3.05) is 60.4 Å². The highest BCUT2D eigenvalue weighted by atomic mass is 16.1. The fourth-order valence-electron chi connectivity index (χ4n) is 3.92. The Kier molecular flexibility index (Phi) is 16.7. The average molecular weight is 524 g/mol. The lowest BCUT2D eigenvalue weighted by atomic mass is 10.00. The number of carbonyl (C=O) groups excluding carboxylic acids is 2. The molecule has 5 nitrogen and oxygen atoms in total. The maximum absolute atomic E-state index is 11.3. The van der Waals surface area contributed by atoms with Gasteiger partial charge in [0.1, 0.15) is 0 Å². The molecule has 0 amide bonds. The van der Waals surface area contributed by atoms with Crippen LogP contribution >= 0.6 is 0 Å². The molecule has 2 aliphatic heterocycles. The molecule has 2 aromatic rings. The van der Waals surface area contributed by atoms with E-state index >= 15 is 0 Å². The molecule has 0 atom stereocenters. The molecule has 2 saturated heterocycles. The van der Waals surface area contributed by atoms with Crippen molar-refractivity contribution in [3.63, 3.8) is 0 Å². The highest BCUT2D eigenvalue weighted by Gasteiger charge is 2.11. The number of hydrogen-bond acceptors (Lipinski definition) is 5. The first-order valence-electron chi connectivity index (χ1n) is 14.2. The van der Waals surface area contributed by atoms with E-state index in [4.69, 9.17) is 0 Å². The van der Waals surface area contributed by atoms with Crippen LogP contribution in [0.3, 0.4) is 0 Å². The normalized spacial score (nSPS) is 16.9. The minimum atomic E-state index is 0.0948. The van der Waals surface area contributed by atoms with Crippen LogP contribution in [0.2, 0.25) is 0 Å². The van der Waals surface area contributed by atoms with Gasteiger partial charge in [0.05, 0.1) is 0 Å². The fourth-order valence-corrected chi connectivity index (χ4v) is 3.92. The first-order chi connectivity index (χ1) is 18.0. The van der Waals surface area contributed by atoms with Crippen molar-refractivity contribution < 1.29 is 9.59 Å². The molecule has 0 radical (unpaired) electrons. The molecule has 0 aromatic heterocycles. The van der Waals surface area contributed by atoms with Gasteiger partial charge in [-0.3, -0.25) is 9.59 Å². The molecule has 2 aliphatic rings. The lowest BCUT2D eigenvalue weighted by Gasteiger charge is -2.28. The molecule has 2 aromatic carbocycles. The standard InChI is InChI=1S/2C10H12O.C7H15N.C6H14N2/c2*1-8(2)10(11)9-6-4-3-5-7-9;2*1-7-3-5-8(2)6-4-7/h2*3-8H,1-2H3;7H,3-6H2,1-2H3;3-6H2,1-2H3. The number of hydrogen-bond donors (Lipinski definition) is 0. The third-order valence-electron chi connectivity index (χ3n) is 6.90. The van der Waals surface area contributed by atoms with Crippen molar-refractivity contribution in [1.29, 1.82) is 0 Å². The first-order valence-corrected chi connectivity index (χ1v) is 14.2. The molecule has 212 valence electrons. The van der Waals surface area contributed by atoms with Crippen molar-refractivity contribution in [3.05, 3.63) is 71.8 Å². The molecule has 0 bridgehead atoms. The lowest BCUT2D eigenvalue weighted by molar-refractivity contribution is 0.0932. The Labute approximate surface area is 233 Å². The van der Waals surface area contributed by atoms with Crippen LogP contribution in [0.4, 0.5) is 0 Å². The van der Waals surface area contributed by atoms with Gasteiger partial charge in [0, 0.05) is 49.1 Å². The number of rotatable bonds is 4. The average Bonchev–Trinajstić information content (AvgIpc) is 2.93. The molecular formula is C33H53N3O2. The molecule has 5 heteroatoms. The van der Waals surface area contributed by atoms with Gasteiger partial charge in [0.15, 0.2) is 11.6 Å². The van der Waals surface area contributed by atoms with Gasteiger partial charge in [-0.1, -0.05) is 95.3 Å². The van der Waals surface area contributed by atoms with Crippen molar-refractivity contribution in [1.82, 2.24) is 14.7 Å². The van der Waals surface area contributed by atoms with E-state index in [1.807, 2.05) is 88.4 Å². The van der Waals surface area contributed by atoms with Gasteiger partial charge in [0.25, 0.3) is 0 Å². The number of nitrogens with zero attached hydrogens (tertiary/aromatic N) is 3. The van der Waals surface area contributed by atoms with Crippen LogP contribution in [0.15, 0.2) is 60.7 Å².